The molecule has 2 nitrogen and oxygen atoms in total. The summed E-state index contributed by atoms with van der Waals surface area (Å²) in [6.45, 7) is 8.87. The quantitative estimate of drug-likeness (QED) is 0.863. The first-order chi connectivity index (χ1) is 9.73. The summed E-state index contributed by atoms with van der Waals surface area (Å²) in [7, 11) is 0. The fourth-order valence-electron chi connectivity index (χ4n) is 3.60. The van der Waals surface area contributed by atoms with Crippen LogP contribution in [-0.4, -0.2) is 11.1 Å². The van der Waals surface area contributed by atoms with Crippen LogP contribution in [-0.2, 0) is 11.2 Å². The number of hydrogen-bond acceptors (Lipinski definition) is 1. The van der Waals surface area contributed by atoms with Crippen LogP contribution in [0.15, 0.2) is 24.3 Å². The van der Waals surface area contributed by atoms with Crippen molar-refractivity contribution in [1.82, 2.24) is 0 Å². The molecule has 0 aliphatic heterocycles. The van der Waals surface area contributed by atoms with E-state index in [0.29, 0.717) is 12.3 Å². The van der Waals surface area contributed by atoms with E-state index in [4.69, 9.17) is 0 Å². The number of aliphatic carboxylic acids is 1. The molecule has 116 valence electrons. The predicted molar refractivity (Wildman–Crippen MR) is 86.4 cm³/mol. The van der Waals surface area contributed by atoms with Gasteiger partial charge >= 0.3 is 5.97 Å². The van der Waals surface area contributed by atoms with Crippen molar-refractivity contribution in [2.24, 2.45) is 16.7 Å². The van der Waals surface area contributed by atoms with Gasteiger partial charge in [-0.2, -0.15) is 0 Å². The van der Waals surface area contributed by atoms with Crippen molar-refractivity contribution in [1.29, 1.82) is 0 Å². The number of carbonyl (C=O) groups is 1. The van der Waals surface area contributed by atoms with E-state index in [1.165, 1.54) is 5.56 Å². The summed E-state index contributed by atoms with van der Waals surface area (Å²) in [6, 6.07) is 8.31. The monoisotopic (exact) mass is 288 g/mol. The van der Waals surface area contributed by atoms with E-state index in [0.717, 1.165) is 31.2 Å². The highest BCUT2D eigenvalue weighted by molar-refractivity contribution is 5.75. The minimum atomic E-state index is -0.615. The molecular weight excluding hydrogens is 260 g/mol. The lowest BCUT2D eigenvalue weighted by Crippen LogP contribution is -2.39. The van der Waals surface area contributed by atoms with Crippen LogP contribution in [0.5, 0.6) is 0 Å². The summed E-state index contributed by atoms with van der Waals surface area (Å²) < 4.78 is 0. The van der Waals surface area contributed by atoms with Gasteiger partial charge in [0.05, 0.1) is 5.41 Å². The molecule has 0 radical (unpaired) electrons. The Balaban J connectivity index is 2.13. The first kappa shape index (κ1) is 16.1. The van der Waals surface area contributed by atoms with Crippen molar-refractivity contribution >= 4 is 5.97 Å². The molecule has 0 bridgehead atoms. The van der Waals surface area contributed by atoms with E-state index < -0.39 is 11.4 Å². The molecule has 0 unspecified atom stereocenters. The van der Waals surface area contributed by atoms with Gasteiger partial charge < -0.3 is 5.11 Å². The van der Waals surface area contributed by atoms with Crippen molar-refractivity contribution in [2.75, 3.05) is 0 Å². The number of carboxylic acids is 1. The number of rotatable bonds is 3. The molecule has 0 heterocycles. The Morgan fingerprint density at radius 3 is 2.14 bits per heavy atom. The highest BCUT2D eigenvalue weighted by Crippen LogP contribution is 2.47. The lowest BCUT2D eigenvalue weighted by Gasteiger charge is -2.42. The average Bonchev–Trinajstić information content (AvgIpc) is 2.41. The van der Waals surface area contributed by atoms with Crippen LogP contribution in [0.4, 0.5) is 0 Å². The van der Waals surface area contributed by atoms with Gasteiger partial charge in [-0.1, -0.05) is 50.6 Å². The summed E-state index contributed by atoms with van der Waals surface area (Å²) in [5.41, 5.74) is 2.10. The largest absolute Gasteiger partial charge is 0.481 e. The van der Waals surface area contributed by atoms with Crippen LogP contribution in [0, 0.1) is 23.7 Å². The van der Waals surface area contributed by atoms with E-state index in [2.05, 4.69) is 52.0 Å². The Morgan fingerprint density at radius 2 is 1.71 bits per heavy atom. The summed E-state index contributed by atoms with van der Waals surface area (Å²) in [4.78, 5) is 11.9. The van der Waals surface area contributed by atoms with E-state index in [-0.39, 0.29) is 5.41 Å². The van der Waals surface area contributed by atoms with E-state index in [1.54, 1.807) is 0 Å². The molecule has 0 amide bonds. The Morgan fingerprint density at radius 1 is 1.19 bits per heavy atom. The third-order valence-corrected chi connectivity index (χ3v) is 5.28. The van der Waals surface area contributed by atoms with Crippen molar-refractivity contribution in [3.8, 4) is 0 Å². The maximum atomic E-state index is 11.9. The molecule has 2 rings (SSSR count). The summed E-state index contributed by atoms with van der Waals surface area (Å²) in [6.07, 6.45) is 4.33. The molecule has 1 aliphatic rings. The SMILES string of the molecule is Cc1ccc(CC2(C(=O)O)CCC(C(C)(C)C)CC2)cc1. The van der Waals surface area contributed by atoms with Crippen molar-refractivity contribution in [3.05, 3.63) is 35.4 Å². The zero-order valence-corrected chi connectivity index (χ0v) is 13.8. The second-order valence-electron chi connectivity index (χ2n) is 7.89. The van der Waals surface area contributed by atoms with Crippen LogP contribution in [0.3, 0.4) is 0 Å². The minimum absolute atomic E-state index is 0.286. The van der Waals surface area contributed by atoms with Gasteiger partial charge in [0.15, 0.2) is 0 Å². The molecule has 0 saturated heterocycles. The maximum Gasteiger partial charge on any atom is 0.309 e. The van der Waals surface area contributed by atoms with Gasteiger partial charge in [0.25, 0.3) is 0 Å². The molecule has 1 fully saturated rings. The van der Waals surface area contributed by atoms with Gasteiger partial charge in [-0.05, 0) is 55.9 Å². The van der Waals surface area contributed by atoms with Crippen LogP contribution in [0.1, 0.15) is 57.6 Å². The highest BCUT2D eigenvalue weighted by atomic mass is 16.4. The molecule has 0 spiro atoms. The first-order valence-corrected chi connectivity index (χ1v) is 8.02. The van der Waals surface area contributed by atoms with Crippen LogP contribution < -0.4 is 0 Å². The van der Waals surface area contributed by atoms with E-state index in [9.17, 15) is 9.90 Å². The minimum Gasteiger partial charge on any atom is -0.481 e. The van der Waals surface area contributed by atoms with Gasteiger partial charge in [-0.15, -0.1) is 0 Å². The van der Waals surface area contributed by atoms with Crippen molar-refractivity contribution in [2.45, 2.75) is 59.8 Å². The number of carboxylic acid groups (broad SMARTS) is 1. The normalized spacial score (nSPS) is 26.6. The smallest absolute Gasteiger partial charge is 0.309 e. The molecule has 1 N–H and O–H groups in total. The first-order valence-electron chi connectivity index (χ1n) is 8.02. The molecule has 0 aromatic heterocycles. The van der Waals surface area contributed by atoms with Crippen LogP contribution in [0.25, 0.3) is 0 Å². The molecule has 21 heavy (non-hydrogen) atoms. The lowest BCUT2D eigenvalue weighted by atomic mass is 9.62. The van der Waals surface area contributed by atoms with Crippen LogP contribution in [0.2, 0.25) is 0 Å². The topological polar surface area (TPSA) is 37.3 Å². The molecule has 0 atom stereocenters. The standard InChI is InChI=1S/C19H28O2/c1-14-5-7-15(8-6-14)13-19(17(20)21)11-9-16(10-12-19)18(2,3)4/h5-8,16H,9-13H2,1-4H3,(H,20,21). The van der Waals surface area contributed by atoms with E-state index in [1.807, 2.05) is 0 Å². The molecule has 1 aromatic carbocycles. The number of benzene rings is 1. The number of aryl methyl sites for hydroxylation is 1. The Bertz CT molecular complexity index is 485. The van der Waals surface area contributed by atoms with Gasteiger partial charge in [-0.25, -0.2) is 0 Å². The van der Waals surface area contributed by atoms with Gasteiger partial charge in [0.2, 0.25) is 0 Å². The summed E-state index contributed by atoms with van der Waals surface area (Å²) in [5, 5.41) is 9.79. The molecule has 1 saturated carbocycles. The van der Waals surface area contributed by atoms with Crippen molar-refractivity contribution < 1.29 is 9.90 Å². The Hall–Kier alpha value is -1.31. The average molecular weight is 288 g/mol. The Labute approximate surface area is 128 Å². The highest BCUT2D eigenvalue weighted by Gasteiger charge is 2.43. The second kappa shape index (κ2) is 5.82. The zero-order chi connectivity index (χ0) is 15.7. The third-order valence-electron chi connectivity index (χ3n) is 5.28. The van der Waals surface area contributed by atoms with Gasteiger partial charge in [-0.3, -0.25) is 4.79 Å². The van der Waals surface area contributed by atoms with Crippen molar-refractivity contribution in [3.63, 3.8) is 0 Å². The zero-order valence-electron chi connectivity index (χ0n) is 13.8. The maximum absolute atomic E-state index is 11.9. The van der Waals surface area contributed by atoms with Gasteiger partial charge in [0, 0.05) is 0 Å². The summed E-state index contributed by atoms with van der Waals surface area (Å²) in [5.74, 6) is 0.0263. The molecule has 2 heteroatoms. The summed E-state index contributed by atoms with van der Waals surface area (Å²) >= 11 is 0. The predicted octanol–water partition coefficient (Wildman–Crippen LogP) is 4.84. The van der Waals surface area contributed by atoms with Crippen LogP contribution >= 0.6 is 0 Å². The Kier molecular flexibility index (Phi) is 4.46. The molecule has 1 aromatic rings. The fraction of sp³-hybridized carbons (Fsp3) is 0.632. The molecular formula is C19H28O2. The van der Waals surface area contributed by atoms with Gasteiger partial charge in [0.1, 0.15) is 0 Å². The molecule has 1 aliphatic carbocycles. The van der Waals surface area contributed by atoms with E-state index >= 15 is 0 Å². The lowest BCUT2D eigenvalue weighted by molar-refractivity contribution is -0.152. The third kappa shape index (κ3) is 3.66. The number of hydrogen-bond donors (Lipinski definition) is 1. The second-order valence-corrected chi connectivity index (χ2v) is 7.89. The fourth-order valence-corrected chi connectivity index (χ4v) is 3.60.